The van der Waals surface area contributed by atoms with E-state index in [1.807, 2.05) is 0 Å². The molecule has 0 radical (unpaired) electrons. The normalized spacial score (nSPS) is 11.3. The van der Waals surface area contributed by atoms with E-state index in [0.717, 1.165) is 5.39 Å². The molecule has 0 amide bonds. The molecule has 2 N–H and O–H groups in total. The van der Waals surface area contributed by atoms with Crippen molar-refractivity contribution < 1.29 is 15.1 Å². The van der Waals surface area contributed by atoms with E-state index in [1.165, 1.54) is 18.3 Å². The van der Waals surface area contributed by atoms with Gasteiger partial charge in [0.15, 0.2) is 0 Å². The highest BCUT2D eigenvalue weighted by Crippen LogP contribution is 2.18. The van der Waals surface area contributed by atoms with Gasteiger partial charge in [0, 0.05) is 12.4 Å². The number of aromatic nitrogens is 2. The first-order valence-electron chi connectivity index (χ1n) is 4.51. The summed E-state index contributed by atoms with van der Waals surface area (Å²) in [4.78, 5) is 10.8. The number of aryl methyl sites for hydroxylation is 1. The second-order valence-corrected chi connectivity index (χ2v) is 3.29. The molecule has 0 aliphatic rings. The van der Waals surface area contributed by atoms with Gasteiger partial charge < -0.3 is 10.3 Å². The predicted molar refractivity (Wildman–Crippen MR) is 57.1 cm³/mol. The molecule has 0 aliphatic carbocycles. The standard InChI is InChI=1S/C10H9N3O3/c1-13-9-4-6(10(14)15)2-3-7(9)8(12-13)5-11-16/h2-5,16H,1H3,(H,14,15)/b11-5+. The highest BCUT2D eigenvalue weighted by Gasteiger charge is 2.10. The van der Waals surface area contributed by atoms with Crippen LogP contribution in [0.15, 0.2) is 23.4 Å². The Kier molecular flexibility index (Phi) is 2.32. The van der Waals surface area contributed by atoms with Gasteiger partial charge in [0.1, 0.15) is 5.69 Å². The maximum absolute atomic E-state index is 10.8. The molecule has 2 rings (SSSR count). The van der Waals surface area contributed by atoms with Crippen molar-refractivity contribution >= 4 is 23.1 Å². The number of rotatable bonds is 2. The molecule has 82 valence electrons. The van der Waals surface area contributed by atoms with Crippen LogP contribution in [0.5, 0.6) is 0 Å². The van der Waals surface area contributed by atoms with Gasteiger partial charge in [-0.1, -0.05) is 5.16 Å². The Hall–Kier alpha value is -2.37. The Morgan fingerprint density at radius 1 is 1.56 bits per heavy atom. The lowest BCUT2D eigenvalue weighted by atomic mass is 10.1. The van der Waals surface area contributed by atoms with Crippen LogP contribution in [0.25, 0.3) is 10.9 Å². The lowest BCUT2D eigenvalue weighted by Gasteiger charge is -1.96. The fraction of sp³-hybridized carbons (Fsp3) is 0.100. The van der Waals surface area contributed by atoms with Crippen LogP contribution in [0.4, 0.5) is 0 Å². The number of fused-ring (bicyclic) bond motifs is 1. The first-order valence-corrected chi connectivity index (χ1v) is 4.51. The number of nitrogens with zero attached hydrogens (tertiary/aromatic N) is 3. The largest absolute Gasteiger partial charge is 0.478 e. The molecule has 0 unspecified atom stereocenters. The molecule has 1 aromatic heterocycles. The van der Waals surface area contributed by atoms with Crippen LogP contribution in [0, 0.1) is 0 Å². The minimum atomic E-state index is -0.986. The van der Waals surface area contributed by atoms with E-state index in [-0.39, 0.29) is 5.56 Å². The molecule has 0 fully saturated rings. The molecule has 0 saturated heterocycles. The van der Waals surface area contributed by atoms with Gasteiger partial charge in [-0.25, -0.2) is 4.79 Å². The summed E-state index contributed by atoms with van der Waals surface area (Å²) in [5.41, 5.74) is 1.37. The zero-order valence-electron chi connectivity index (χ0n) is 8.45. The zero-order chi connectivity index (χ0) is 11.7. The molecule has 0 bridgehead atoms. The molecule has 2 aromatic rings. The van der Waals surface area contributed by atoms with E-state index in [0.29, 0.717) is 11.2 Å². The van der Waals surface area contributed by atoms with Crippen molar-refractivity contribution in [1.82, 2.24) is 9.78 Å². The van der Waals surface area contributed by atoms with Crippen LogP contribution < -0.4 is 0 Å². The zero-order valence-corrected chi connectivity index (χ0v) is 8.45. The molecule has 0 saturated carbocycles. The summed E-state index contributed by atoms with van der Waals surface area (Å²) in [6, 6.07) is 4.66. The smallest absolute Gasteiger partial charge is 0.335 e. The number of benzene rings is 1. The number of aromatic carboxylic acids is 1. The van der Waals surface area contributed by atoms with E-state index in [1.54, 1.807) is 17.8 Å². The second-order valence-electron chi connectivity index (χ2n) is 3.29. The highest BCUT2D eigenvalue weighted by molar-refractivity contribution is 6.00. The second kappa shape index (κ2) is 3.65. The fourth-order valence-electron chi connectivity index (χ4n) is 1.57. The van der Waals surface area contributed by atoms with Crippen LogP contribution in [-0.2, 0) is 7.05 Å². The molecule has 6 nitrogen and oxygen atoms in total. The monoisotopic (exact) mass is 219 g/mol. The molecule has 1 aromatic carbocycles. The average molecular weight is 219 g/mol. The minimum absolute atomic E-state index is 0.197. The fourth-order valence-corrected chi connectivity index (χ4v) is 1.57. The molecule has 0 atom stereocenters. The van der Waals surface area contributed by atoms with Crippen molar-refractivity contribution in [1.29, 1.82) is 0 Å². The maximum Gasteiger partial charge on any atom is 0.335 e. The molecular weight excluding hydrogens is 210 g/mol. The maximum atomic E-state index is 10.8. The van der Waals surface area contributed by atoms with Crippen LogP contribution in [0.1, 0.15) is 16.1 Å². The number of carboxylic acid groups (broad SMARTS) is 1. The molecule has 0 aliphatic heterocycles. The van der Waals surface area contributed by atoms with Crippen LogP contribution in [0.2, 0.25) is 0 Å². The van der Waals surface area contributed by atoms with E-state index in [2.05, 4.69) is 10.3 Å². The Labute approximate surface area is 90.4 Å². The van der Waals surface area contributed by atoms with Gasteiger partial charge in [-0.3, -0.25) is 4.68 Å². The SMILES string of the molecule is Cn1nc(/C=N/O)c2ccc(C(=O)O)cc21. The van der Waals surface area contributed by atoms with E-state index in [9.17, 15) is 4.79 Å². The van der Waals surface area contributed by atoms with Crippen molar-refractivity contribution in [3.63, 3.8) is 0 Å². The lowest BCUT2D eigenvalue weighted by Crippen LogP contribution is -1.96. The quantitative estimate of drug-likeness (QED) is 0.449. The summed E-state index contributed by atoms with van der Waals surface area (Å²) in [5.74, 6) is -0.986. The summed E-state index contributed by atoms with van der Waals surface area (Å²) >= 11 is 0. The van der Waals surface area contributed by atoms with Gasteiger partial charge in [-0.2, -0.15) is 5.10 Å². The van der Waals surface area contributed by atoms with Crippen LogP contribution in [0.3, 0.4) is 0 Å². The van der Waals surface area contributed by atoms with Gasteiger partial charge in [0.2, 0.25) is 0 Å². The predicted octanol–water partition coefficient (Wildman–Crippen LogP) is 1.08. The minimum Gasteiger partial charge on any atom is -0.478 e. The third kappa shape index (κ3) is 1.50. The Morgan fingerprint density at radius 2 is 2.31 bits per heavy atom. The molecular formula is C10H9N3O3. The van der Waals surface area contributed by atoms with Crippen molar-refractivity contribution in [3.05, 3.63) is 29.5 Å². The number of carbonyl (C=O) groups is 1. The molecule has 1 heterocycles. The topological polar surface area (TPSA) is 87.7 Å². The average Bonchev–Trinajstić information content (AvgIpc) is 2.56. The lowest BCUT2D eigenvalue weighted by molar-refractivity contribution is 0.0697. The van der Waals surface area contributed by atoms with E-state index < -0.39 is 5.97 Å². The third-order valence-corrected chi connectivity index (χ3v) is 2.31. The Balaban J connectivity index is 2.71. The highest BCUT2D eigenvalue weighted by atomic mass is 16.4. The molecule has 0 spiro atoms. The molecule has 16 heavy (non-hydrogen) atoms. The first-order chi connectivity index (χ1) is 7.63. The van der Waals surface area contributed by atoms with Crippen molar-refractivity contribution in [2.24, 2.45) is 12.2 Å². The van der Waals surface area contributed by atoms with Crippen LogP contribution >= 0.6 is 0 Å². The number of oxime groups is 1. The first kappa shape index (κ1) is 10.2. The molecule has 6 heteroatoms. The Bertz CT molecular complexity index is 586. The third-order valence-electron chi connectivity index (χ3n) is 2.31. The van der Waals surface area contributed by atoms with E-state index >= 15 is 0 Å². The summed E-state index contributed by atoms with van der Waals surface area (Å²) in [6.07, 6.45) is 1.21. The van der Waals surface area contributed by atoms with Crippen molar-refractivity contribution in [3.8, 4) is 0 Å². The van der Waals surface area contributed by atoms with Crippen molar-refractivity contribution in [2.45, 2.75) is 0 Å². The van der Waals surface area contributed by atoms with Crippen LogP contribution in [-0.4, -0.2) is 32.3 Å². The summed E-state index contributed by atoms with van der Waals surface area (Å²) < 4.78 is 1.54. The summed E-state index contributed by atoms with van der Waals surface area (Å²) in [6.45, 7) is 0. The summed E-state index contributed by atoms with van der Waals surface area (Å²) in [5, 5.41) is 25.1. The van der Waals surface area contributed by atoms with Gasteiger partial charge in [0.25, 0.3) is 0 Å². The van der Waals surface area contributed by atoms with E-state index in [4.69, 9.17) is 10.3 Å². The van der Waals surface area contributed by atoms with Gasteiger partial charge in [0.05, 0.1) is 17.3 Å². The Morgan fingerprint density at radius 3 is 2.94 bits per heavy atom. The van der Waals surface area contributed by atoms with Gasteiger partial charge in [-0.15, -0.1) is 0 Å². The van der Waals surface area contributed by atoms with Crippen molar-refractivity contribution in [2.75, 3.05) is 0 Å². The number of hydrogen-bond donors (Lipinski definition) is 2. The number of hydrogen-bond acceptors (Lipinski definition) is 4. The number of carboxylic acids is 1. The van der Waals surface area contributed by atoms with Gasteiger partial charge in [-0.05, 0) is 18.2 Å². The van der Waals surface area contributed by atoms with Gasteiger partial charge >= 0.3 is 5.97 Å². The summed E-state index contributed by atoms with van der Waals surface area (Å²) in [7, 11) is 1.70.